The molecule has 41 heavy (non-hydrogen) atoms. The van der Waals surface area contributed by atoms with Crippen LogP contribution in [-0.2, 0) is 19.1 Å². The number of hydrogen-bond acceptors (Lipinski definition) is 5. The summed E-state index contributed by atoms with van der Waals surface area (Å²) in [7, 11) is 0. The van der Waals surface area contributed by atoms with E-state index in [0.29, 0.717) is 29.8 Å². The van der Waals surface area contributed by atoms with Gasteiger partial charge in [-0.3, -0.25) is 14.4 Å². The van der Waals surface area contributed by atoms with E-state index in [1.165, 1.54) is 4.90 Å². The van der Waals surface area contributed by atoms with Crippen molar-refractivity contribution >= 4 is 29.1 Å². The number of para-hydroxylation sites is 2. The molecule has 3 fully saturated rings. The van der Waals surface area contributed by atoms with Gasteiger partial charge < -0.3 is 25.4 Å². The summed E-state index contributed by atoms with van der Waals surface area (Å²) < 4.78 is 6.74. The van der Waals surface area contributed by atoms with Gasteiger partial charge in [-0.05, 0) is 62.4 Å². The number of anilines is 2. The topological polar surface area (TPSA) is 108 Å². The Labute approximate surface area is 239 Å². The molecule has 0 aliphatic carbocycles. The molecule has 3 amide bonds. The van der Waals surface area contributed by atoms with Gasteiger partial charge in [-0.25, -0.2) is 0 Å². The molecule has 6 atom stereocenters. The SMILES string of the molecule is Cc1cccc(C)c1NC(=O)C1N([C@H](CO)c2ccccc2)C(=O)[C@@H]2[C@@H](C(=O)Nc3ccccc3)[C@@]3(C)CCC12O3. The van der Waals surface area contributed by atoms with E-state index in [4.69, 9.17) is 4.74 Å². The number of aryl methyl sites for hydroxylation is 2. The van der Waals surface area contributed by atoms with Crippen LogP contribution in [-0.4, -0.2) is 51.6 Å². The molecule has 2 bridgehead atoms. The van der Waals surface area contributed by atoms with Crippen molar-refractivity contribution in [1.82, 2.24) is 4.90 Å². The molecule has 0 aromatic heterocycles. The minimum absolute atomic E-state index is 0.311. The lowest BCUT2D eigenvalue weighted by Gasteiger charge is -2.37. The van der Waals surface area contributed by atoms with Crippen molar-refractivity contribution in [3.05, 3.63) is 95.6 Å². The lowest BCUT2D eigenvalue weighted by Crippen LogP contribution is -2.54. The molecule has 3 aromatic carbocycles. The third-order valence-corrected chi connectivity index (χ3v) is 9.21. The molecule has 2 unspecified atom stereocenters. The van der Waals surface area contributed by atoms with Gasteiger partial charge in [0.25, 0.3) is 0 Å². The molecule has 0 radical (unpaired) electrons. The summed E-state index contributed by atoms with van der Waals surface area (Å²) >= 11 is 0. The number of amides is 3. The second-order valence-electron chi connectivity index (χ2n) is 11.7. The number of aliphatic hydroxyl groups excluding tert-OH is 1. The van der Waals surface area contributed by atoms with Gasteiger partial charge in [-0.1, -0.05) is 66.7 Å². The van der Waals surface area contributed by atoms with E-state index >= 15 is 0 Å². The number of carbonyl (C=O) groups is 3. The minimum atomic E-state index is -1.21. The number of ether oxygens (including phenoxy) is 1. The molecular formula is C33H35N3O5. The van der Waals surface area contributed by atoms with Gasteiger partial charge in [0, 0.05) is 11.4 Å². The van der Waals surface area contributed by atoms with Crippen LogP contribution in [0.15, 0.2) is 78.9 Å². The molecule has 8 nitrogen and oxygen atoms in total. The number of hydrogen-bond donors (Lipinski definition) is 3. The van der Waals surface area contributed by atoms with E-state index in [-0.39, 0.29) is 24.3 Å². The van der Waals surface area contributed by atoms with Crippen LogP contribution in [0.1, 0.15) is 42.5 Å². The van der Waals surface area contributed by atoms with Gasteiger partial charge in [0.2, 0.25) is 17.7 Å². The second kappa shape index (κ2) is 10.1. The molecule has 0 saturated carbocycles. The fourth-order valence-corrected chi connectivity index (χ4v) is 7.37. The number of fused-ring (bicyclic) bond motifs is 1. The van der Waals surface area contributed by atoms with Crippen LogP contribution in [0.2, 0.25) is 0 Å². The smallest absolute Gasteiger partial charge is 0.250 e. The quantitative estimate of drug-likeness (QED) is 0.403. The van der Waals surface area contributed by atoms with E-state index in [1.54, 1.807) is 12.1 Å². The molecule has 6 rings (SSSR count). The van der Waals surface area contributed by atoms with Crippen LogP contribution in [0.3, 0.4) is 0 Å². The van der Waals surface area contributed by atoms with Gasteiger partial charge in [0.05, 0.1) is 30.1 Å². The molecule has 3 aromatic rings. The molecular weight excluding hydrogens is 518 g/mol. The Kier molecular flexibility index (Phi) is 6.71. The van der Waals surface area contributed by atoms with Crippen molar-refractivity contribution in [2.24, 2.45) is 11.8 Å². The van der Waals surface area contributed by atoms with Gasteiger partial charge in [0.1, 0.15) is 11.6 Å². The zero-order chi connectivity index (χ0) is 28.9. The van der Waals surface area contributed by atoms with E-state index < -0.39 is 35.1 Å². The summed E-state index contributed by atoms with van der Waals surface area (Å²) in [6.45, 7) is 5.33. The lowest BCUT2D eigenvalue weighted by molar-refractivity contribution is -0.147. The summed E-state index contributed by atoms with van der Waals surface area (Å²) in [6.07, 6.45) is 0.975. The van der Waals surface area contributed by atoms with Crippen LogP contribution >= 0.6 is 0 Å². The average molecular weight is 554 g/mol. The number of aliphatic hydroxyl groups is 1. The van der Waals surface area contributed by atoms with Crippen LogP contribution < -0.4 is 10.6 Å². The van der Waals surface area contributed by atoms with Gasteiger partial charge in [0.15, 0.2) is 0 Å². The number of nitrogens with one attached hydrogen (secondary N) is 2. The van der Waals surface area contributed by atoms with Gasteiger partial charge in [-0.2, -0.15) is 0 Å². The summed E-state index contributed by atoms with van der Waals surface area (Å²) in [4.78, 5) is 44.2. The highest BCUT2D eigenvalue weighted by molar-refractivity contribution is 6.05. The largest absolute Gasteiger partial charge is 0.394 e. The molecule has 1 spiro atoms. The molecule has 3 heterocycles. The minimum Gasteiger partial charge on any atom is -0.394 e. The fourth-order valence-electron chi connectivity index (χ4n) is 7.37. The third kappa shape index (κ3) is 4.24. The van der Waals surface area contributed by atoms with E-state index in [2.05, 4.69) is 10.6 Å². The predicted molar refractivity (Wildman–Crippen MR) is 155 cm³/mol. The van der Waals surface area contributed by atoms with Crippen molar-refractivity contribution in [3.8, 4) is 0 Å². The Morgan fingerprint density at radius 2 is 1.56 bits per heavy atom. The summed E-state index contributed by atoms with van der Waals surface area (Å²) in [5.74, 6) is -2.74. The summed E-state index contributed by atoms with van der Waals surface area (Å²) in [5, 5.41) is 16.7. The number of rotatable bonds is 7. The highest BCUT2D eigenvalue weighted by Gasteiger charge is 2.78. The second-order valence-corrected chi connectivity index (χ2v) is 11.7. The Balaban J connectivity index is 1.44. The van der Waals surface area contributed by atoms with E-state index in [0.717, 1.165) is 11.1 Å². The van der Waals surface area contributed by atoms with Crippen molar-refractivity contribution in [2.75, 3.05) is 17.2 Å². The fraction of sp³-hybridized carbons (Fsp3) is 0.364. The first kappa shape index (κ1) is 27.2. The predicted octanol–water partition coefficient (Wildman–Crippen LogP) is 4.38. The monoisotopic (exact) mass is 553 g/mol. The number of nitrogens with zero attached hydrogens (tertiary/aromatic N) is 1. The van der Waals surface area contributed by atoms with Crippen molar-refractivity contribution < 1.29 is 24.2 Å². The zero-order valence-electron chi connectivity index (χ0n) is 23.5. The molecule has 3 saturated heterocycles. The Morgan fingerprint density at radius 3 is 2.20 bits per heavy atom. The average Bonchev–Trinajstić information content (AvgIpc) is 3.53. The van der Waals surface area contributed by atoms with Gasteiger partial charge >= 0.3 is 0 Å². The Bertz CT molecular complexity index is 1470. The van der Waals surface area contributed by atoms with Gasteiger partial charge in [-0.15, -0.1) is 0 Å². The highest BCUT2D eigenvalue weighted by Crippen LogP contribution is 2.64. The number of carbonyl (C=O) groups excluding carboxylic acids is 3. The van der Waals surface area contributed by atoms with Crippen LogP contribution in [0, 0.1) is 25.7 Å². The number of likely N-dealkylation sites (tertiary alicyclic amines) is 1. The molecule has 3 aliphatic rings. The summed E-state index contributed by atoms with van der Waals surface area (Å²) in [6, 6.07) is 22.3. The first-order chi connectivity index (χ1) is 19.7. The standard InChI is InChI=1S/C33H35N3O5/c1-20-11-10-12-21(2)27(20)35-30(39)28-33-18-17-32(3,41-33)25(29(38)34-23-15-8-5-9-16-23)26(33)31(40)36(28)24(19-37)22-13-6-4-7-14-22/h4-16,24-26,28,37H,17-19H2,1-3H3,(H,34,38)(H,35,39)/t24-,25+,26+,28?,32-,33?/m1/s1. The number of benzene rings is 3. The summed E-state index contributed by atoms with van der Waals surface area (Å²) in [5.41, 5.74) is 1.68. The first-order valence-corrected chi connectivity index (χ1v) is 14.1. The molecule has 8 heteroatoms. The third-order valence-electron chi connectivity index (χ3n) is 9.21. The van der Waals surface area contributed by atoms with E-state index in [1.807, 2.05) is 87.5 Å². The Hall–Kier alpha value is -4.01. The normalized spacial score (nSPS) is 28.8. The first-order valence-electron chi connectivity index (χ1n) is 14.1. The van der Waals surface area contributed by atoms with E-state index in [9.17, 15) is 19.5 Å². The van der Waals surface area contributed by atoms with Crippen LogP contribution in [0.4, 0.5) is 11.4 Å². The molecule has 3 N–H and O–H groups in total. The van der Waals surface area contributed by atoms with Crippen molar-refractivity contribution in [3.63, 3.8) is 0 Å². The molecule has 3 aliphatic heterocycles. The highest BCUT2D eigenvalue weighted by atomic mass is 16.5. The lowest BCUT2D eigenvalue weighted by atomic mass is 9.66. The maximum absolute atomic E-state index is 14.5. The van der Waals surface area contributed by atoms with Crippen LogP contribution in [0.25, 0.3) is 0 Å². The van der Waals surface area contributed by atoms with Crippen molar-refractivity contribution in [2.45, 2.75) is 56.9 Å². The maximum atomic E-state index is 14.5. The Morgan fingerprint density at radius 1 is 0.927 bits per heavy atom. The van der Waals surface area contributed by atoms with Crippen molar-refractivity contribution in [1.29, 1.82) is 0 Å². The molecule has 212 valence electrons. The van der Waals surface area contributed by atoms with Crippen LogP contribution in [0.5, 0.6) is 0 Å². The maximum Gasteiger partial charge on any atom is 0.250 e. The zero-order valence-corrected chi connectivity index (χ0v) is 23.5.